The van der Waals surface area contributed by atoms with Gasteiger partial charge in [-0.05, 0) is 37.5 Å². The van der Waals surface area contributed by atoms with Gasteiger partial charge in [0.2, 0.25) is 0 Å². The van der Waals surface area contributed by atoms with E-state index in [0.29, 0.717) is 6.04 Å². The molecule has 2 N–H and O–H groups in total. The Bertz CT molecular complexity index is 142. The van der Waals surface area contributed by atoms with Crippen molar-refractivity contribution in [2.75, 3.05) is 0 Å². The SMILES string of the molecule is CC1CCC(C(C)N)CC1.CCC(C)CC. The topological polar surface area (TPSA) is 26.0 Å². The number of rotatable bonds is 3. The van der Waals surface area contributed by atoms with Crippen molar-refractivity contribution in [1.82, 2.24) is 0 Å². The van der Waals surface area contributed by atoms with Gasteiger partial charge in [0.25, 0.3) is 0 Å². The van der Waals surface area contributed by atoms with E-state index in [9.17, 15) is 0 Å². The van der Waals surface area contributed by atoms with E-state index in [1.807, 2.05) is 0 Å². The first-order chi connectivity index (χ1) is 7.51. The second kappa shape index (κ2) is 9.04. The highest BCUT2D eigenvalue weighted by atomic mass is 14.6. The fourth-order valence-corrected chi connectivity index (χ4v) is 2.10. The predicted molar refractivity (Wildman–Crippen MR) is 74.5 cm³/mol. The summed E-state index contributed by atoms with van der Waals surface area (Å²) in [6, 6.07) is 0.424. The molecule has 1 heteroatoms. The normalized spacial score (nSPS) is 27.2. The Morgan fingerprint density at radius 1 is 1.00 bits per heavy atom. The molecule has 1 rings (SSSR count). The maximum Gasteiger partial charge on any atom is 0.00387 e. The predicted octanol–water partition coefficient (Wildman–Crippen LogP) is 4.60. The standard InChI is InChI=1S/C9H19N.C6H14/c1-7-3-5-9(6-4-7)8(2)10;1-4-6(3)5-2/h7-9H,3-6,10H2,1-2H3;6H,4-5H2,1-3H3. The van der Waals surface area contributed by atoms with Crippen LogP contribution >= 0.6 is 0 Å². The van der Waals surface area contributed by atoms with E-state index in [2.05, 4.69) is 34.6 Å². The smallest absolute Gasteiger partial charge is 0.00387 e. The summed E-state index contributed by atoms with van der Waals surface area (Å²) in [5.41, 5.74) is 5.81. The third-order valence-electron chi connectivity index (χ3n) is 4.20. The van der Waals surface area contributed by atoms with Crippen molar-refractivity contribution in [3.05, 3.63) is 0 Å². The molecule has 1 atom stereocenters. The molecule has 0 spiro atoms. The molecule has 98 valence electrons. The zero-order chi connectivity index (χ0) is 12.6. The van der Waals surface area contributed by atoms with Gasteiger partial charge in [0, 0.05) is 6.04 Å². The molecule has 0 aliphatic heterocycles. The minimum absolute atomic E-state index is 0.424. The summed E-state index contributed by atoms with van der Waals surface area (Å²) in [6.07, 6.45) is 8.17. The Balaban J connectivity index is 0.000000325. The van der Waals surface area contributed by atoms with E-state index in [0.717, 1.165) is 17.8 Å². The Kier molecular flexibility index (Phi) is 9.02. The Morgan fingerprint density at radius 3 is 1.69 bits per heavy atom. The minimum Gasteiger partial charge on any atom is -0.328 e. The van der Waals surface area contributed by atoms with Crippen molar-refractivity contribution in [2.45, 2.75) is 79.2 Å². The van der Waals surface area contributed by atoms with Crippen molar-refractivity contribution in [2.24, 2.45) is 23.5 Å². The first-order valence-corrected chi connectivity index (χ1v) is 7.26. The molecule has 0 aromatic carbocycles. The average Bonchev–Trinajstić information content (AvgIpc) is 2.29. The van der Waals surface area contributed by atoms with Crippen LogP contribution in [0.4, 0.5) is 0 Å². The molecule has 0 heterocycles. The summed E-state index contributed by atoms with van der Waals surface area (Å²) in [7, 11) is 0. The molecular weight excluding hydrogens is 194 g/mol. The summed E-state index contributed by atoms with van der Waals surface area (Å²) >= 11 is 0. The van der Waals surface area contributed by atoms with Crippen molar-refractivity contribution in [3.8, 4) is 0 Å². The molecule has 0 saturated heterocycles. The van der Waals surface area contributed by atoms with Gasteiger partial charge in [0.05, 0.1) is 0 Å². The highest BCUT2D eigenvalue weighted by Gasteiger charge is 2.20. The van der Waals surface area contributed by atoms with Crippen LogP contribution in [-0.2, 0) is 0 Å². The van der Waals surface area contributed by atoms with Crippen LogP contribution in [0.2, 0.25) is 0 Å². The molecule has 0 aromatic heterocycles. The molecule has 1 aliphatic rings. The minimum atomic E-state index is 0.424. The van der Waals surface area contributed by atoms with E-state index in [1.165, 1.54) is 38.5 Å². The van der Waals surface area contributed by atoms with Gasteiger partial charge in [0.1, 0.15) is 0 Å². The fraction of sp³-hybridized carbons (Fsp3) is 1.00. The van der Waals surface area contributed by atoms with Crippen LogP contribution in [0.15, 0.2) is 0 Å². The van der Waals surface area contributed by atoms with E-state index in [4.69, 9.17) is 5.73 Å². The number of hydrogen-bond donors (Lipinski definition) is 1. The first-order valence-electron chi connectivity index (χ1n) is 7.26. The molecule has 0 bridgehead atoms. The number of nitrogens with two attached hydrogens (primary N) is 1. The highest BCUT2D eigenvalue weighted by Crippen LogP contribution is 2.29. The molecule has 1 nitrogen and oxygen atoms in total. The summed E-state index contributed by atoms with van der Waals surface area (Å²) in [4.78, 5) is 0. The maximum absolute atomic E-state index is 5.81. The van der Waals surface area contributed by atoms with Crippen LogP contribution in [0, 0.1) is 17.8 Å². The lowest BCUT2D eigenvalue weighted by Gasteiger charge is -2.28. The maximum atomic E-state index is 5.81. The second-order valence-electron chi connectivity index (χ2n) is 5.80. The molecule has 0 radical (unpaired) electrons. The molecule has 1 unspecified atom stereocenters. The van der Waals surface area contributed by atoms with Crippen molar-refractivity contribution in [1.29, 1.82) is 0 Å². The summed E-state index contributed by atoms with van der Waals surface area (Å²) < 4.78 is 0. The van der Waals surface area contributed by atoms with Gasteiger partial charge < -0.3 is 5.73 Å². The summed E-state index contributed by atoms with van der Waals surface area (Å²) in [6.45, 7) is 11.2. The van der Waals surface area contributed by atoms with Crippen LogP contribution in [0.3, 0.4) is 0 Å². The van der Waals surface area contributed by atoms with Crippen LogP contribution in [0.25, 0.3) is 0 Å². The van der Waals surface area contributed by atoms with E-state index in [-0.39, 0.29) is 0 Å². The first kappa shape index (κ1) is 16.0. The summed E-state index contributed by atoms with van der Waals surface area (Å²) in [5, 5.41) is 0. The van der Waals surface area contributed by atoms with Crippen molar-refractivity contribution >= 4 is 0 Å². The third kappa shape index (κ3) is 7.27. The lowest BCUT2D eigenvalue weighted by atomic mass is 9.80. The van der Waals surface area contributed by atoms with E-state index >= 15 is 0 Å². The van der Waals surface area contributed by atoms with Gasteiger partial charge in [-0.15, -0.1) is 0 Å². The van der Waals surface area contributed by atoms with Crippen LogP contribution in [0.1, 0.15) is 73.1 Å². The average molecular weight is 227 g/mol. The quantitative estimate of drug-likeness (QED) is 0.749. The molecule has 0 aromatic rings. The lowest BCUT2D eigenvalue weighted by Crippen LogP contribution is -2.29. The van der Waals surface area contributed by atoms with Gasteiger partial charge in [-0.25, -0.2) is 0 Å². The lowest BCUT2D eigenvalue weighted by molar-refractivity contribution is 0.262. The third-order valence-corrected chi connectivity index (χ3v) is 4.20. The molecule has 1 fully saturated rings. The van der Waals surface area contributed by atoms with Gasteiger partial charge in [-0.1, -0.05) is 53.4 Å². The largest absolute Gasteiger partial charge is 0.328 e. The van der Waals surface area contributed by atoms with Gasteiger partial charge in [0.15, 0.2) is 0 Å². The molecule has 0 amide bonds. The molecular formula is C15H33N. The molecule has 1 saturated carbocycles. The highest BCUT2D eigenvalue weighted by molar-refractivity contribution is 4.75. The van der Waals surface area contributed by atoms with E-state index in [1.54, 1.807) is 0 Å². The molecule has 16 heavy (non-hydrogen) atoms. The Morgan fingerprint density at radius 2 is 1.44 bits per heavy atom. The van der Waals surface area contributed by atoms with E-state index < -0.39 is 0 Å². The zero-order valence-corrected chi connectivity index (χ0v) is 12.1. The summed E-state index contributed by atoms with van der Waals surface area (Å²) in [5.74, 6) is 2.70. The second-order valence-corrected chi connectivity index (χ2v) is 5.80. The van der Waals surface area contributed by atoms with Gasteiger partial charge >= 0.3 is 0 Å². The van der Waals surface area contributed by atoms with Gasteiger partial charge in [-0.3, -0.25) is 0 Å². The van der Waals surface area contributed by atoms with Crippen LogP contribution < -0.4 is 5.73 Å². The monoisotopic (exact) mass is 227 g/mol. The Hall–Kier alpha value is -0.0400. The van der Waals surface area contributed by atoms with Crippen LogP contribution in [-0.4, -0.2) is 6.04 Å². The van der Waals surface area contributed by atoms with Gasteiger partial charge in [-0.2, -0.15) is 0 Å². The number of hydrogen-bond acceptors (Lipinski definition) is 1. The fourth-order valence-electron chi connectivity index (χ4n) is 2.10. The molecule has 1 aliphatic carbocycles. The van der Waals surface area contributed by atoms with Crippen molar-refractivity contribution in [3.63, 3.8) is 0 Å². The van der Waals surface area contributed by atoms with Crippen LogP contribution in [0.5, 0.6) is 0 Å². The zero-order valence-electron chi connectivity index (χ0n) is 12.1. The van der Waals surface area contributed by atoms with Crippen molar-refractivity contribution < 1.29 is 0 Å². The Labute approximate surface area is 103 Å².